The fourth-order valence-corrected chi connectivity index (χ4v) is 8.10. The van der Waals surface area contributed by atoms with Crippen molar-refractivity contribution in [3.63, 3.8) is 0 Å². The molecule has 0 radical (unpaired) electrons. The highest BCUT2D eigenvalue weighted by Gasteiger charge is 2.49. The van der Waals surface area contributed by atoms with E-state index in [0.29, 0.717) is 72.6 Å². The number of ether oxygens (including phenoxy) is 2. The number of pyridine rings is 1. The number of alkyl halides is 1. The van der Waals surface area contributed by atoms with Gasteiger partial charge in [-0.25, -0.2) is 13.2 Å². The van der Waals surface area contributed by atoms with Crippen molar-refractivity contribution < 1.29 is 27.8 Å². The highest BCUT2D eigenvalue weighted by molar-refractivity contribution is 6.01. The highest BCUT2D eigenvalue weighted by atomic mass is 19.1. The summed E-state index contributed by atoms with van der Waals surface area (Å²) in [7, 11) is 0. The summed E-state index contributed by atoms with van der Waals surface area (Å²) in [5, 5.41) is 12.1. The Kier molecular flexibility index (Phi) is 6.60. The van der Waals surface area contributed by atoms with Crippen LogP contribution in [0.1, 0.15) is 38.2 Å². The van der Waals surface area contributed by atoms with Gasteiger partial charge in [-0.15, -0.1) is 0 Å². The monoisotopic (exact) mass is 605 g/mol. The van der Waals surface area contributed by atoms with Crippen LogP contribution in [0.4, 0.5) is 19.0 Å². The zero-order chi connectivity index (χ0) is 30.2. The third-order valence-corrected chi connectivity index (χ3v) is 10.1. The zero-order valence-corrected chi connectivity index (χ0v) is 24.5. The van der Waals surface area contributed by atoms with Gasteiger partial charge in [0.2, 0.25) is 0 Å². The van der Waals surface area contributed by atoms with Gasteiger partial charge in [-0.05, 0) is 66.8 Å². The lowest BCUT2D eigenvalue weighted by Crippen LogP contribution is -2.43. The van der Waals surface area contributed by atoms with Crippen molar-refractivity contribution in [3.8, 4) is 23.0 Å². The molecule has 4 aliphatic rings. The summed E-state index contributed by atoms with van der Waals surface area (Å²) >= 11 is 0. The largest absolute Gasteiger partial charge is 0.508 e. The zero-order valence-electron chi connectivity index (χ0n) is 24.5. The molecule has 230 valence electrons. The second-order valence-electron chi connectivity index (χ2n) is 12.8. The number of aryl methyl sites for hydroxylation is 1. The van der Waals surface area contributed by atoms with Crippen molar-refractivity contribution in [2.24, 2.45) is 5.92 Å². The Morgan fingerprint density at radius 2 is 2.05 bits per heavy atom. The van der Waals surface area contributed by atoms with Crippen molar-refractivity contribution in [2.45, 2.75) is 56.8 Å². The second kappa shape index (κ2) is 10.4. The number of fused-ring (bicyclic) bond motifs is 5. The fraction of sp³-hybridized carbons (Fsp3) is 0.485. The average Bonchev–Trinajstić information content (AvgIpc) is 3.64. The van der Waals surface area contributed by atoms with Gasteiger partial charge in [0.15, 0.2) is 5.82 Å². The van der Waals surface area contributed by atoms with Gasteiger partial charge < -0.3 is 19.5 Å². The Bertz CT molecular complexity index is 1790. The summed E-state index contributed by atoms with van der Waals surface area (Å²) in [4.78, 5) is 18.2. The Hall–Kier alpha value is -3.70. The molecule has 2 aromatic carbocycles. The first-order valence-corrected chi connectivity index (χ1v) is 15.5. The number of phenols is 1. The smallest absolute Gasteiger partial charge is 0.319 e. The molecular formula is C33H34F3N5O3. The predicted molar refractivity (Wildman–Crippen MR) is 160 cm³/mol. The molecule has 44 heavy (non-hydrogen) atoms. The van der Waals surface area contributed by atoms with Gasteiger partial charge in [-0.2, -0.15) is 9.97 Å². The molecule has 1 N–H and O–H groups in total. The molecule has 8 rings (SSSR count). The number of phenolic OH excluding ortho intramolecular Hbond substituents is 1. The maximum atomic E-state index is 16.8. The van der Waals surface area contributed by atoms with Crippen molar-refractivity contribution in [3.05, 3.63) is 47.7 Å². The van der Waals surface area contributed by atoms with Crippen LogP contribution in [0.15, 0.2) is 30.5 Å². The first-order chi connectivity index (χ1) is 21.3. The van der Waals surface area contributed by atoms with Crippen LogP contribution < -0.4 is 9.64 Å². The second-order valence-corrected chi connectivity index (χ2v) is 12.8. The van der Waals surface area contributed by atoms with Crippen LogP contribution in [0.3, 0.4) is 0 Å². The summed E-state index contributed by atoms with van der Waals surface area (Å²) < 4.78 is 58.2. The van der Waals surface area contributed by atoms with Crippen molar-refractivity contribution in [1.82, 2.24) is 19.9 Å². The van der Waals surface area contributed by atoms with Gasteiger partial charge in [0.1, 0.15) is 41.4 Å². The molecule has 11 heteroatoms. The van der Waals surface area contributed by atoms with Crippen LogP contribution in [-0.4, -0.2) is 82.2 Å². The number of halogens is 3. The quantitative estimate of drug-likeness (QED) is 0.306. The number of anilines is 1. The van der Waals surface area contributed by atoms with Gasteiger partial charge in [0.25, 0.3) is 0 Å². The molecule has 0 unspecified atom stereocenters. The van der Waals surface area contributed by atoms with Crippen LogP contribution in [0.2, 0.25) is 0 Å². The van der Waals surface area contributed by atoms with E-state index >= 15 is 4.39 Å². The minimum absolute atomic E-state index is 0.0236. The normalized spacial score (nSPS) is 26.6. The van der Waals surface area contributed by atoms with Gasteiger partial charge in [0, 0.05) is 37.2 Å². The first kappa shape index (κ1) is 27.8. The topological polar surface area (TPSA) is 83.8 Å². The van der Waals surface area contributed by atoms with Crippen molar-refractivity contribution >= 4 is 27.5 Å². The molecule has 6 heterocycles. The molecule has 4 aromatic rings. The number of nitrogens with zero attached hydrogens (tertiary/aromatic N) is 5. The molecule has 0 saturated carbocycles. The van der Waals surface area contributed by atoms with E-state index in [4.69, 9.17) is 14.5 Å². The number of aromatic nitrogens is 3. The van der Waals surface area contributed by atoms with Crippen LogP contribution >= 0.6 is 0 Å². The first-order valence-electron chi connectivity index (χ1n) is 15.5. The minimum Gasteiger partial charge on any atom is -0.508 e. The van der Waals surface area contributed by atoms with E-state index in [0.717, 1.165) is 25.8 Å². The Balaban J connectivity index is 1.28. The van der Waals surface area contributed by atoms with E-state index in [1.807, 2.05) is 6.92 Å². The van der Waals surface area contributed by atoms with Gasteiger partial charge >= 0.3 is 6.01 Å². The Labute approximate surface area is 252 Å². The predicted octanol–water partition coefficient (Wildman–Crippen LogP) is 5.57. The van der Waals surface area contributed by atoms with Gasteiger partial charge in [0.05, 0.1) is 30.2 Å². The average molecular weight is 606 g/mol. The molecule has 8 nitrogen and oxygen atoms in total. The highest BCUT2D eigenvalue weighted by Crippen LogP contribution is 2.43. The summed E-state index contributed by atoms with van der Waals surface area (Å²) in [6.45, 7) is 5.18. The standard InChI is InChI=1S/C33H34F3N5O3/c1-2-23-26(35)5-4-19-9-22(42)10-24(27(19)23)29-28(36)30-25(12-37-29)31(41-13-18-8-21(41)16-43-15-18)39-32(38-30)44-17-33-6-3-7-40(33)14-20(34)11-33/h4-5,9-10,12,18,20-21,42H,2-3,6-8,11,13-17H2,1H3/t18-,20-,21-,33+/m1/s1. The third-order valence-electron chi connectivity index (χ3n) is 10.1. The van der Waals surface area contributed by atoms with Gasteiger partial charge in [-0.3, -0.25) is 9.88 Å². The summed E-state index contributed by atoms with van der Waals surface area (Å²) in [6.07, 6.45) is 4.16. The van der Waals surface area contributed by atoms with E-state index in [-0.39, 0.29) is 41.2 Å². The molecule has 4 atom stereocenters. The molecule has 0 spiro atoms. The maximum Gasteiger partial charge on any atom is 0.319 e. The number of rotatable bonds is 6. The van der Waals surface area contributed by atoms with Gasteiger partial charge in [-0.1, -0.05) is 13.0 Å². The van der Waals surface area contributed by atoms with Crippen molar-refractivity contribution in [2.75, 3.05) is 44.4 Å². The number of aromatic hydroxyl groups is 1. The Morgan fingerprint density at radius 3 is 2.89 bits per heavy atom. The summed E-state index contributed by atoms with van der Waals surface area (Å²) in [5.41, 5.74) is 0.259. The van der Waals surface area contributed by atoms with Crippen LogP contribution in [0.25, 0.3) is 32.9 Å². The van der Waals surface area contributed by atoms with Crippen LogP contribution in [0.5, 0.6) is 11.8 Å². The number of hydrogen-bond donors (Lipinski definition) is 1. The van der Waals surface area contributed by atoms with E-state index in [9.17, 15) is 13.9 Å². The SMILES string of the molecule is CCc1c(F)ccc2cc(O)cc(-c3ncc4c(N5C[C@@H]6COC[C@H]5C6)nc(OC[C@@]56CCCN5C[C@H](F)C6)nc4c3F)c12. The minimum atomic E-state index is -0.906. The fourth-order valence-electron chi connectivity index (χ4n) is 8.10. The molecule has 4 saturated heterocycles. The lowest BCUT2D eigenvalue weighted by Gasteiger charge is -2.31. The summed E-state index contributed by atoms with van der Waals surface area (Å²) in [5.74, 6) is -0.330. The molecule has 2 aromatic heterocycles. The molecular weight excluding hydrogens is 571 g/mol. The molecule has 4 aliphatic heterocycles. The third kappa shape index (κ3) is 4.38. The Morgan fingerprint density at radius 1 is 1.16 bits per heavy atom. The van der Waals surface area contributed by atoms with E-state index in [2.05, 4.69) is 19.8 Å². The van der Waals surface area contributed by atoms with E-state index in [1.165, 1.54) is 18.2 Å². The lowest BCUT2D eigenvalue weighted by atomic mass is 9.94. The summed E-state index contributed by atoms with van der Waals surface area (Å²) in [6, 6.07) is 5.98. The maximum absolute atomic E-state index is 16.8. The van der Waals surface area contributed by atoms with E-state index in [1.54, 1.807) is 12.3 Å². The number of hydrogen-bond acceptors (Lipinski definition) is 8. The number of benzene rings is 2. The molecule has 0 aliphatic carbocycles. The van der Waals surface area contributed by atoms with Crippen LogP contribution in [0, 0.1) is 17.6 Å². The molecule has 2 bridgehead atoms. The lowest BCUT2D eigenvalue weighted by molar-refractivity contribution is 0.0701. The molecule has 0 amide bonds. The van der Waals surface area contributed by atoms with Crippen molar-refractivity contribution in [1.29, 1.82) is 0 Å². The van der Waals surface area contributed by atoms with Crippen LogP contribution in [-0.2, 0) is 11.2 Å². The van der Waals surface area contributed by atoms with E-state index < -0.39 is 23.3 Å². The molecule has 4 fully saturated rings.